The van der Waals surface area contributed by atoms with Crippen LogP contribution in [0.1, 0.15) is 33.6 Å². The average molecular weight is 340 g/mol. The zero-order valence-corrected chi connectivity index (χ0v) is 14.1. The van der Waals surface area contributed by atoms with Gasteiger partial charge >= 0.3 is 5.97 Å². The highest BCUT2D eigenvalue weighted by Crippen LogP contribution is 2.37. The third-order valence-electron chi connectivity index (χ3n) is 4.55. The first kappa shape index (κ1) is 16.0. The van der Waals surface area contributed by atoms with E-state index in [-0.39, 0.29) is 6.61 Å². The second-order valence-electron chi connectivity index (χ2n) is 6.15. The van der Waals surface area contributed by atoms with E-state index in [1.807, 2.05) is 60.7 Å². The molecule has 0 amide bonds. The van der Waals surface area contributed by atoms with Gasteiger partial charge in [-0.1, -0.05) is 48.5 Å². The summed E-state index contributed by atoms with van der Waals surface area (Å²) in [5, 5.41) is 9.50. The summed E-state index contributed by atoms with van der Waals surface area (Å²) in [4.78, 5) is 17.4. The lowest BCUT2D eigenvalue weighted by Gasteiger charge is -2.11. The number of rotatable bonds is 3. The molecule has 1 aliphatic rings. The van der Waals surface area contributed by atoms with Crippen LogP contribution in [0.4, 0.5) is 0 Å². The van der Waals surface area contributed by atoms with Crippen LogP contribution in [0, 0.1) is 11.3 Å². The number of nitrogens with zero attached hydrogens (tertiary/aromatic N) is 2. The fourth-order valence-corrected chi connectivity index (χ4v) is 3.43. The van der Waals surface area contributed by atoms with Crippen LogP contribution >= 0.6 is 0 Å². The molecule has 0 fully saturated rings. The topological polar surface area (TPSA) is 63.0 Å². The lowest BCUT2D eigenvalue weighted by molar-refractivity contribution is 0.0556. The minimum Gasteiger partial charge on any atom is -0.447 e. The number of allylic oxidation sites excluding steroid dienone is 1. The number of hydrogen-bond acceptors (Lipinski definition) is 4. The first-order valence-electron chi connectivity index (χ1n) is 8.49. The standard InChI is InChI=1S/C22H16N2O2/c23-12-13-26-22(25)20-17-8-4-5-9-19(17)24-21-16(10-11-18(20)21)14-15-6-2-1-3-7-15/h1-9,14H,10-11,13H2/b16-14-. The van der Waals surface area contributed by atoms with Crippen molar-refractivity contribution in [2.75, 3.05) is 6.61 Å². The van der Waals surface area contributed by atoms with Crippen LogP contribution in [0.25, 0.3) is 22.6 Å². The van der Waals surface area contributed by atoms with Gasteiger partial charge in [-0.25, -0.2) is 9.78 Å². The Morgan fingerprint density at radius 2 is 1.88 bits per heavy atom. The number of pyridine rings is 1. The maximum atomic E-state index is 12.6. The van der Waals surface area contributed by atoms with E-state index in [9.17, 15) is 4.79 Å². The second kappa shape index (κ2) is 6.81. The number of nitriles is 1. The Bertz CT molecular complexity index is 1060. The van der Waals surface area contributed by atoms with Gasteiger partial charge in [0.15, 0.2) is 6.61 Å². The summed E-state index contributed by atoms with van der Waals surface area (Å²) in [6.45, 7) is -0.253. The van der Waals surface area contributed by atoms with E-state index in [2.05, 4.69) is 6.08 Å². The molecule has 0 aliphatic heterocycles. The molecule has 0 N–H and O–H groups in total. The average Bonchev–Trinajstić information content (AvgIpc) is 3.07. The van der Waals surface area contributed by atoms with E-state index in [0.717, 1.165) is 46.1 Å². The first-order chi connectivity index (χ1) is 12.8. The highest BCUT2D eigenvalue weighted by atomic mass is 16.5. The van der Waals surface area contributed by atoms with Gasteiger partial charge in [0.1, 0.15) is 6.07 Å². The monoisotopic (exact) mass is 340 g/mol. The molecule has 1 aromatic heterocycles. The van der Waals surface area contributed by atoms with Gasteiger partial charge in [-0.05, 0) is 41.7 Å². The summed E-state index contributed by atoms with van der Waals surface area (Å²) >= 11 is 0. The highest BCUT2D eigenvalue weighted by Gasteiger charge is 2.27. The Kier molecular flexibility index (Phi) is 4.20. The van der Waals surface area contributed by atoms with Crippen molar-refractivity contribution < 1.29 is 9.53 Å². The molecule has 3 aromatic rings. The number of aromatic nitrogens is 1. The molecule has 4 heteroatoms. The van der Waals surface area contributed by atoms with E-state index < -0.39 is 5.97 Å². The molecule has 26 heavy (non-hydrogen) atoms. The van der Waals surface area contributed by atoms with E-state index in [1.54, 1.807) is 0 Å². The Labute approximate surface area is 151 Å². The molecule has 0 saturated heterocycles. The van der Waals surface area contributed by atoms with Crippen molar-refractivity contribution in [3.8, 4) is 6.07 Å². The van der Waals surface area contributed by atoms with Crippen LogP contribution < -0.4 is 0 Å². The number of para-hydroxylation sites is 1. The predicted molar refractivity (Wildman–Crippen MR) is 100 cm³/mol. The van der Waals surface area contributed by atoms with E-state index in [4.69, 9.17) is 15.0 Å². The normalized spacial score (nSPS) is 14.2. The summed E-state index contributed by atoms with van der Waals surface area (Å²) in [5.41, 5.74) is 5.30. The molecule has 0 radical (unpaired) electrons. The van der Waals surface area contributed by atoms with Gasteiger partial charge in [-0.2, -0.15) is 5.26 Å². The quantitative estimate of drug-likeness (QED) is 0.663. The molecular formula is C22H16N2O2. The molecule has 4 rings (SSSR count). The molecule has 0 spiro atoms. The predicted octanol–water partition coefficient (Wildman–Crippen LogP) is 4.40. The molecule has 0 atom stereocenters. The van der Waals surface area contributed by atoms with Gasteiger partial charge in [-0.15, -0.1) is 0 Å². The molecule has 0 bridgehead atoms. The maximum Gasteiger partial charge on any atom is 0.340 e. The van der Waals surface area contributed by atoms with E-state index >= 15 is 0 Å². The third-order valence-corrected chi connectivity index (χ3v) is 4.55. The van der Waals surface area contributed by atoms with Crippen molar-refractivity contribution in [3.63, 3.8) is 0 Å². The fraction of sp³-hybridized carbons (Fsp3) is 0.136. The molecule has 126 valence electrons. The van der Waals surface area contributed by atoms with Gasteiger partial charge < -0.3 is 4.74 Å². The molecule has 0 unspecified atom stereocenters. The SMILES string of the molecule is N#CCOC(=O)c1c2c(nc3ccccc13)/C(=C\c1ccccc1)CC2. The maximum absolute atomic E-state index is 12.6. The number of fused-ring (bicyclic) bond motifs is 2. The van der Waals surface area contributed by atoms with Crippen molar-refractivity contribution >= 4 is 28.5 Å². The molecule has 2 aromatic carbocycles. The van der Waals surface area contributed by atoms with Crippen molar-refractivity contribution in [1.29, 1.82) is 5.26 Å². The Morgan fingerprint density at radius 3 is 2.69 bits per heavy atom. The minimum atomic E-state index is -0.456. The van der Waals surface area contributed by atoms with Gasteiger partial charge in [0, 0.05) is 5.39 Å². The first-order valence-corrected chi connectivity index (χ1v) is 8.49. The van der Waals surface area contributed by atoms with Crippen molar-refractivity contribution in [1.82, 2.24) is 4.98 Å². The lowest BCUT2D eigenvalue weighted by atomic mass is 10.0. The van der Waals surface area contributed by atoms with Crippen LogP contribution in [0.15, 0.2) is 54.6 Å². The third kappa shape index (κ3) is 2.84. The zero-order valence-electron chi connectivity index (χ0n) is 14.1. The summed E-state index contributed by atoms with van der Waals surface area (Å²) < 4.78 is 5.12. The van der Waals surface area contributed by atoms with Crippen LogP contribution in [0.3, 0.4) is 0 Å². The number of esters is 1. The largest absolute Gasteiger partial charge is 0.447 e. The van der Waals surface area contributed by atoms with Crippen molar-refractivity contribution in [2.24, 2.45) is 0 Å². The van der Waals surface area contributed by atoms with Crippen molar-refractivity contribution in [3.05, 3.63) is 77.0 Å². The van der Waals surface area contributed by atoms with E-state index in [1.165, 1.54) is 0 Å². The number of carbonyl (C=O) groups is 1. The summed E-state index contributed by atoms with van der Waals surface area (Å²) in [5.74, 6) is -0.456. The molecule has 4 nitrogen and oxygen atoms in total. The number of benzene rings is 2. The Balaban J connectivity index is 1.89. The van der Waals surface area contributed by atoms with Gasteiger partial charge in [0.2, 0.25) is 0 Å². The van der Waals surface area contributed by atoms with E-state index in [0.29, 0.717) is 5.56 Å². The van der Waals surface area contributed by atoms with Gasteiger partial charge in [-0.3, -0.25) is 0 Å². The van der Waals surface area contributed by atoms with Crippen LogP contribution in [0.2, 0.25) is 0 Å². The van der Waals surface area contributed by atoms with Crippen LogP contribution in [-0.4, -0.2) is 17.6 Å². The van der Waals surface area contributed by atoms with Gasteiger partial charge in [0.25, 0.3) is 0 Å². The lowest BCUT2D eigenvalue weighted by Crippen LogP contribution is -2.10. The molecule has 1 heterocycles. The second-order valence-corrected chi connectivity index (χ2v) is 6.15. The zero-order chi connectivity index (χ0) is 17.9. The molecule has 0 saturated carbocycles. The Hall–Kier alpha value is -3.45. The number of hydrogen-bond donors (Lipinski definition) is 0. The number of ether oxygens (including phenoxy) is 1. The molecular weight excluding hydrogens is 324 g/mol. The summed E-state index contributed by atoms with van der Waals surface area (Å²) in [7, 11) is 0. The molecule has 1 aliphatic carbocycles. The summed E-state index contributed by atoms with van der Waals surface area (Å²) in [6, 6.07) is 19.5. The highest BCUT2D eigenvalue weighted by molar-refractivity contribution is 6.07. The van der Waals surface area contributed by atoms with Crippen LogP contribution in [0.5, 0.6) is 0 Å². The minimum absolute atomic E-state index is 0.253. The number of carbonyl (C=O) groups excluding carboxylic acids is 1. The fourth-order valence-electron chi connectivity index (χ4n) is 3.43. The Morgan fingerprint density at radius 1 is 1.12 bits per heavy atom. The van der Waals surface area contributed by atoms with Gasteiger partial charge in [0.05, 0.1) is 16.8 Å². The van der Waals surface area contributed by atoms with Crippen molar-refractivity contribution in [2.45, 2.75) is 12.8 Å². The summed E-state index contributed by atoms with van der Waals surface area (Å²) in [6.07, 6.45) is 3.69. The van der Waals surface area contributed by atoms with Crippen LogP contribution in [-0.2, 0) is 11.2 Å². The smallest absolute Gasteiger partial charge is 0.340 e.